The molecule has 7 nitrogen and oxygen atoms in total. The minimum absolute atomic E-state index is 0.0351. The number of rotatable bonds is 5. The Morgan fingerprint density at radius 2 is 2.28 bits per heavy atom. The molecule has 1 aromatic rings. The van der Waals surface area contributed by atoms with Gasteiger partial charge in [0.25, 0.3) is 0 Å². The van der Waals surface area contributed by atoms with E-state index in [0.717, 1.165) is 4.90 Å². The summed E-state index contributed by atoms with van der Waals surface area (Å²) < 4.78 is 5.02. The second kappa shape index (κ2) is 5.13. The first kappa shape index (κ1) is 12.5. The number of aromatic carboxylic acids is 1. The van der Waals surface area contributed by atoms with Gasteiger partial charge in [-0.3, -0.25) is 9.69 Å². The fraction of sp³-hybridized carbons (Fsp3) is 0.300. The lowest BCUT2D eigenvalue weighted by Gasteiger charge is -2.10. The topological polar surface area (TPSA) is 99.9 Å². The van der Waals surface area contributed by atoms with E-state index in [4.69, 9.17) is 9.52 Å². The average molecular weight is 270 g/mol. The van der Waals surface area contributed by atoms with E-state index in [1.807, 2.05) is 0 Å². The number of amides is 3. The molecule has 1 aliphatic rings. The number of carbonyl (C=O) groups excluding carboxylic acids is 2. The molecule has 0 bridgehead atoms. The first-order valence-corrected chi connectivity index (χ1v) is 6.10. The van der Waals surface area contributed by atoms with E-state index >= 15 is 0 Å². The second-order valence-electron chi connectivity index (χ2n) is 3.48. The Morgan fingerprint density at radius 3 is 2.83 bits per heavy atom. The van der Waals surface area contributed by atoms with Crippen molar-refractivity contribution >= 4 is 29.7 Å². The fourth-order valence-electron chi connectivity index (χ4n) is 1.43. The predicted molar refractivity (Wildman–Crippen MR) is 61.5 cm³/mol. The summed E-state index contributed by atoms with van der Waals surface area (Å²) in [6.45, 7) is 0.297. The molecule has 3 amide bonds. The highest BCUT2D eigenvalue weighted by molar-refractivity contribution is 7.99. The molecule has 1 aliphatic heterocycles. The van der Waals surface area contributed by atoms with E-state index in [0.29, 0.717) is 10.8 Å². The number of thioether (sulfide) groups is 1. The Kier molecular flexibility index (Phi) is 3.56. The SMILES string of the molecule is O=C(O)c1ccc(SCCN2C(=O)CNC2=O)o1. The van der Waals surface area contributed by atoms with Crippen LogP contribution in [0.15, 0.2) is 21.6 Å². The maximum atomic E-state index is 11.3. The van der Waals surface area contributed by atoms with Gasteiger partial charge in [-0.25, -0.2) is 9.59 Å². The van der Waals surface area contributed by atoms with Gasteiger partial charge >= 0.3 is 12.0 Å². The standard InChI is InChI=1S/C10H10N2O5S/c13-7-5-11-10(16)12(7)3-4-18-8-2-1-6(17-8)9(14)15/h1-2H,3-5H2,(H,11,16)(H,14,15). The molecule has 0 spiro atoms. The lowest BCUT2D eigenvalue weighted by Crippen LogP contribution is -2.32. The van der Waals surface area contributed by atoms with Crippen LogP contribution in [-0.2, 0) is 4.79 Å². The quantitative estimate of drug-likeness (QED) is 0.601. The Hall–Kier alpha value is -1.96. The second-order valence-corrected chi connectivity index (χ2v) is 4.58. The maximum Gasteiger partial charge on any atom is 0.371 e. The average Bonchev–Trinajstić information content (AvgIpc) is 2.90. The Balaban J connectivity index is 1.83. The third-order valence-corrected chi connectivity index (χ3v) is 3.18. The molecule has 0 unspecified atom stereocenters. The summed E-state index contributed by atoms with van der Waals surface area (Å²) in [5, 5.41) is 11.5. The number of carbonyl (C=O) groups is 3. The zero-order chi connectivity index (χ0) is 13.1. The van der Waals surface area contributed by atoms with Gasteiger partial charge in [0.15, 0.2) is 5.09 Å². The molecule has 96 valence electrons. The Bertz CT molecular complexity index is 482. The molecule has 2 heterocycles. The van der Waals surface area contributed by atoms with Crippen molar-refractivity contribution < 1.29 is 23.9 Å². The highest BCUT2D eigenvalue weighted by Gasteiger charge is 2.27. The largest absolute Gasteiger partial charge is 0.475 e. The third-order valence-electron chi connectivity index (χ3n) is 2.29. The molecule has 1 saturated heterocycles. The number of carboxylic acids is 1. The molecule has 1 aromatic heterocycles. The van der Waals surface area contributed by atoms with Crippen molar-refractivity contribution in [3.05, 3.63) is 17.9 Å². The van der Waals surface area contributed by atoms with Crippen LogP contribution in [0, 0.1) is 0 Å². The van der Waals surface area contributed by atoms with Crippen LogP contribution in [0.5, 0.6) is 0 Å². The summed E-state index contributed by atoms with van der Waals surface area (Å²) in [4.78, 5) is 34.2. The van der Waals surface area contributed by atoms with Gasteiger partial charge < -0.3 is 14.8 Å². The first-order valence-electron chi connectivity index (χ1n) is 5.12. The number of nitrogens with zero attached hydrogens (tertiary/aromatic N) is 1. The molecule has 0 aromatic carbocycles. The van der Waals surface area contributed by atoms with Gasteiger partial charge in [-0.2, -0.15) is 0 Å². The summed E-state index contributed by atoms with van der Waals surface area (Å²) in [7, 11) is 0. The van der Waals surface area contributed by atoms with Crippen LogP contribution in [-0.4, -0.2) is 46.8 Å². The van der Waals surface area contributed by atoms with Crippen LogP contribution in [0.25, 0.3) is 0 Å². The molecule has 2 N–H and O–H groups in total. The van der Waals surface area contributed by atoms with Gasteiger partial charge in [0.1, 0.15) is 0 Å². The Morgan fingerprint density at radius 1 is 1.50 bits per heavy atom. The Labute approximate surface area is 106 Å². The number of hydrogen-bond acceptors (Lipinski definition) is 5. The van der Waals surface area contributed by atoms with Crippen LogP contribution in [0.4, 0.5) is 4.79 Å². The van der Waals surface area contributed by atoms with Crippen LogP contribution >= 0.6 is 11.8 Å². The normalized spacial score (nSPS) is 15.0. The van der Waals surface area contributed by atoms with Gasteiger partial charge in [0.2, 0.25) is 11.7 Å². The van der Waals surface area contributed by atoms with E-state index in [1.165, 1.54) is 17.8 Å². The van der Waals surface area contributed by atoms with E-state index in [2.05, 4.69) is 5.32 Å². The number of urea groups is 1. The summed E-state index contributed by atoms with van der Waals surface area (Å²) >= 11 is 1.25. The summed E-state index contributed by atoms with van der Waals surface area (Å²) in [5.74, 6) is -1.07. The number of carboxylic acid groups (broad SMARTS) is 1. The van der Waals surface area contributed by atoms with Crippen LogP contribution in [0.2, 0.25) is 0 Å². The van der Waals surface area contributed by atoms with Crippen molar-refractivity contribution in [2.75, 3.05) is 18.8 Å². The van der Waals surface area contributed by atoms with Gasteiger partial charge in [-0.1, -0.05) is 11.8 Å². The first-order chi connectivity index (χ1) is 8.58. The van der Waals surface area contributed by atoms with Crippen molar-refractivity contribution in [3.8, 4) is 0 Å². The number of imide groups is 1. The molecule has 0 radical (unpaired) electrons. The van der Waals surface area contributed by atoms with Crippen molar-refractivity contribution in [2.45, 2.75) is 5.09 Å². The van der Waals surface area contributed by atoms with Crippen LogP contribution in [0.3, 0.4) is 0 Å². The van der Waals surface area contributed by atoms with Crippen LogP contribution in [0.1, 0.15) is 10.6 Å². The summed E-state index contributed by atoms with van der Waals surface area (Å²) in [6.07, 6.45) is 0. The van der Waals surface area contributed by atoms with E-state index in [1.54, 1.807) is 6.07 Å². The van der Waals surface area contributed by atoms with Gasteiger partial charge in [0.05, 0.1) is 6.54 Å². The molecular weight excluding hydrogens is 260 g/mol. The fourth-order valence-corrected chi connectivity index (χ4v) is 2.22. The van der Waals surface area contributed by atoms with Crippen molar-refractivity contribution in [1.82, 2.24) is 10.2 Å². The molecular formula is C10H10N2O5S. The number of hydrogen-bond donors (Lipinski definition) is 2. The van der Waals surface area contributed by atoms with Crippen LogP contribution < -0.4 is 5.32 Å². The van der Waals surface area contributed by atoms with Crippen molar-refractivity contribution in [3.63, 3.8) is 0 Å². The van der Waals surface area contributed by atoms with Gasteiger partial charge in [-0.05, 0) is 12.1 Å². The van der Waals surface area contributed by atoms with Crippen molar-refractivity contribution in [2.24, 2.45) is 0 Å². The molecule has 0 saturated carbocycles. The number of furan rings is 1. The monoisotopic (exact) mass is 270 g/mol. The van der Waals surface area contributed by atoms with E-state index < -0.39 is 12.0 Å². The lowest BCUT2D eigenvalue weighted by molar-refractivity contribution is -0.124. The summed E-state index contributed by atoms with van der Waals surface area (Å²) in [6, 6.07) is 2.50. The minimum Gasteiger partial charge on any atom is -0.475 e. The summed E-state index contributed by atoms with van der Waals surface area (Å²) in [5.41, 5.74) is 0. The highest BCUT2D eigenvalue weighted by atomic mass is 32.2. The zero-order valence-corrected chi connectivity index (χ0v) is 10.0. The molecule has 0 aliphatic carbocycles. The molecule has 0 atom stereocenters. The van der Waals surface area contributed by atoms with Gasteiger partial charge in [0, 0.05) is 12.3 Å². The molecule has 2 rings (SSSR count). The van der Waals surface area contributed by atoms with E-state index in [9.17, 15) is 14.4 Å². The van der Waals surface area contributed by atoms with Crippen molar-refractivity contribution in [1.29, 1.82) is 0 Å². The maximum absolute atomic E-state index is 11.3. The third kappa shape index (κ3) is 2.65. The lowest BCUT2D eigenvalue weighted by atomic mass is 10.5. The van der Waals surface area contributed by atoms with E-state index in [-0.39, 0.29) is 24.8 Å². The molecule has 1 fully saturated rings. The smallest absolute Gasteiger partial charge is 0.371 e. The highest BCUT2D eigenvalue weighted by Crippen LogP contribution is 2.21. The van der Waals surface area contributed by atoms with Gasteiger partial charge in [-0.15, -0.1) is 0 Å². The predicted octanol–water partition coefficient (Wildman–Crippen LogP) is 0.622. The minimum atomic E-state index is -1.13. The molecule has 8 heteroatoms. The number of nitrogens with one attached hydrogen (secondary N) is 1. The zero-order valence-electron chi connectivity index (χ0n) is 9.21. The molecule has 18 heavy (non-hydrogen) atoms.